The number of carbonyl (C=O) groups is 1. The highest BCUT2D eigenvalue weighted by Crippen LogP contribution is 2.33. The van der Waals surface area contributed by atoms with Crippen molar-refractivity contribution in [3.8, 4) is 0 Å². The molecule has 2 N–H and O–H groups in total. The van der Waals surface area contributed by atoms with E-state index in [0.29, 0.717) is 6.04 Å². The Balaban J connectivity index is 1.70. The van der Waals surface area contributed by atoms with Crippen molar-refractivity contribution in [3.63, 3.8) is 0 Å². The second-order valence-electron chi connectivity index (χ2n) is 8.16. The molecule has 0 aromatic rings. The molecule has 1 aliphatic carbocycles. The Bertz CT molecular complexity index is 373. The minimum absolute atomic E-state index is 0.122. The molecule has 24 heavy (non-hydrogen) atoms. The van der Waals surface area contributed by atoms with Crippen molar-refractivity contribution in [1.82, 2.24) is 15.1 Å². The highest BCUT2D eigenvalue weighted by atomic mass is 16.3. The van der Waals surface area contributed by atoms with Crippen molar-refractivity contribution in [2.75, 3.05) is 39.8 Å². The average Bonchev–Trinajstić information content (AvgIpc) is 2.83. The Hall–Kier alpha value is -0.810. The molecule has 0 unspecified atom stereocenters. The van der Waals surface area contributed by atoms with Gasteiger partial charge in [-0.3, -0.25) is 0 Å². The van der Waals surface area contributed by atoms with Crippen molar-refractivity contribution in [3.05, 3.63) is 0 Å². The summed E-state index contributed by atoms with van der Waals surface area (Å²) in [6.45, 7) is 6.03. The predicted octanol–water partition coefficient (Wildman–Crippen LogP) is 2.84. The zero-order valence-electron chi connectivity index (χ0n) is 15.7. The molecule has 1 saturated heterocycles. The van der Waals surface area contributed by atoms with Crippen molar-refractivity contribution < 1.29 is 9.90 Å². The van der Waals surface area contributed by atoms with E-state index in [2.05, 4.69) is 24.2 Å². The first-order chi connectivity index (χ1) is 11.5. The van der Waals surface area contributed by atoms with Gasteiger partial charge in [-0.05, 0) is 44.6 Å². The number of nitrogens with one attached hydrogen (secondary N) is 1. The van der Waals surface area contributed by atoms with Gasteiger partial charge in [0.05, 0.1) is 0 Å². The van der Waals surface area contributed by atoms with Gasteiger partial charge in [-0.25, -0.2) is 4.79 Å². The van der Waals surface area contributed by atoms with Gasteiger partial charge < -0.3 is 20.2 Å². The first-order valence-corrected chi connectivity index (χ1v) is 9.88. The van der Waals surface area contributed by atoms with Gasteiger partial charge in [0.15, 0.2) is 0 Å². The zero-order valence-corrected chi connectivity index (χ0v) is 15.7. The number of amides is 2. The molecule has 2 amide bonds. The van der Waals surface area contributed by atoms with Gasteiger partial charge in [0, 0.05) is 38.8 Å². The first-order valence-electron chi connectivity index (χ1n) is 9.88. The van der Waals surface area contributed by atoms with Crippen LogP contribution in [0.2, 0.25) is 0 Å². The number of nitrogens with zero attached hydrogens (tertiary/aromatic N) is 2. The van der Waals surface area contributed by atoms with Gasteiger partial charge in [0.1, 0.15) is 0 Å². The van der Waals surface area contributed by atoms with Crippen LogP contribution in [0, 0.1) is 5.41 Å². The highest BCUT2D eigenvalue weighted by Gasteiger charge is 2.29. The van der Waals surface area contributed by atoms with Gasteiger partial charge in [-0.2, -0.15) is 0 Å². The number of piperidine rings is 1. The lowest BCUT2D eigenvalue weighted by Gasteiger charge is -2.37. The maximum atomic E-state index is 12.5. The van der Waals surface area contributed by atoms with Crippen LogP contribution in [-0.4, -0.2) is 66.8 Å². The summed E-state index contributed by atoms with van der Waals surface area (Å²) in [4.78, 5) is 16.8. The predicted molar refractivity (Wildman–Crippen MR) is 98.1 cm³/mol. The molecule has 1 aliphatic heterocycles. The summed E-state index contributed by atoms with van der Waals surface area (Å²) in [6, 6.07) is 0.664. The maximum Gasteiger partial charge on any atom is 0.317 e. The molecule has 5 heteroatoms. The molecule has 2 rings (SSSR count). The lowest BCUT2D eigenvalue weighted by atomic mass is 9.82. The fourth-order valence-corrected chi connectivity index (χ4v) is 4.17. The average molecular weight is 340 g/mol. The minimum atomic E-state index is 0.122. The van der Waals surface area contributed by atoms with Crippen LogP contribution in [0.25, 0.3) is 0 Å². The van der Waals surface area contributed by atoms with E-state index in [-0.39, 0.29) is 18.1 Å². The van der Waals surface area contributed by atoms with E-state index in [4.69, 9.17) is 5.11 Å². The summed E-state index contributed by atoms with van der Waals surface area (Å²) in [6.07, 6.45) is 10.7. The molecule has 1 saturated carbocycles. The summed E-state index contributed by atoms with van der Waals surface area (Å²) >= 11 is 0. The zero-order chi connectivity index (χ0) is 17.4. The molecule has 0 atom stereocenters. The third kappa shape index (κ3) is 5.92. The monoisotopic (exact) mass is 339 g/mol. The van der Waals surface area contributed by atoms with E-state index >= 15 is 0 Å². The van der Waals surface area contributed by atoms with Crippen LogP contribution in [0.5, 0.6) is 0 Å². The summed E-state index contributed by atoms with van der Waals surface area (Å²) in [7, 11) is 2.13. The normalized spacial score (nSPS) is 22.4. The molecule has 140 valence electrons. The van der Waals surface area contributed by atoms with E-state index in [9.17, 15) is 4.79 Å². The van der Waals surface area contributed by atoms with E-state index in [1.54, 1.807) is 0 Å². The molecule has 0 bridgehead atoms. The Morgan fingerprint density at radius 2 is 1.83 bits per heavy atom. The third-order valence-electron chi connectivity index (χ3n) is 6.02. The topological polar surface area (TPSA) is 55.8 Å². The molecular weight excluding hydrogens is 302 g/mol. The molecule has 0 aromatic heterocycles. The van der Waals surface area contributed by atoms with Crippen LogP contribution >= 0.6 is 0 Å². The maximum absolute atomic E-state index is 12.5. The highest BCUT2D eigenvalue weighted by molar-refractivity contribution is 5.74. The summed E-state index contributed by atoms with van der Waals surface area (Å²) in [5, 5.41) is 12.2. The van der Waals surface area contributed by atoms with Crippen LogP contribution < -0.4 is 5.32 Å². The van der Waals surface area contributed by atoms with Crippen LogP contribution in [0.4, 0.5) is 4.79 Å². The number of carbonyl (C=O) groups excluding carboxylic acids is 1. The molecular formula is C19H37N3O2. The molecule has 1 heterocycles. The quantitative estimate of drug-likeness (QED) is 0.732. The van der Waals surface area contributed by atoms with E-state index in [0.717, 1.165) is 45.4 Å². The summed E-state index contributed by atoms with van der Waals surface area (Å²) < 4.78 is 0. The lowest BCUT2D eigenvalue weighted by Crippen LogP contribution is -2.50. The number of hydrogen-bond acceptors (Lipinski definition) is 3. The standard InChI is InChI=1S/C19H37N3O2/c1-19(10-5-3-4-6-11-19)16-20-18(24)22-13-8-17(9-14-22)21(2)12-7-15-23/h17,23H,3-16H2,1-2H3,(H,20,24). The third-order valence-corrected chi connectivity index (χ3v) is 6.02. The van der Waals surface area contributed by atoms with Gasteiger partial charge in [-0.1, -0.05) is 32.6 Å². The lowest BCUT2D eigenvalue weighted by molar-refractivity contribution is 0.126. The first kappa shape index (κ1) is 19.5. The fraction of sp³-hybridized carbons (Fsp3) is 0.947. The number of rotatable bonds is 6. The number of likely N-dealkylation sites (tertiary alicyclic amines) is 1. The van der Waals surface area contributed by atoms with Crippen LogP contribution in [0.15, 0.2) is 0 Å². The van der Waals surface area contributed by atoms with Crippen LogP contribution in [0.3, 0.4) is 0 Å². The van der Waals surface area contributed by atoms with E-state index in [1.165, 1.54) is 38.5 Å². The van der Waals surface area contributed by atoms with Gasteiger partial charge in [0.2, 0.25) is 0 Å². The number of urea groups is 1. The SMILES string of the molecule is CN(CCCO)C1CCN(C(=O)NCC2(C)CCCCCC2)CC1. The summed E-state index contributed by atoms with van der Waals surface area (Å²) in [5.74, 6) is 0. The number of hydrogen-bond donors (Lipinski definition) is 2. The Morgan fingerprint density at radius 3 is 2.42 bits per heavy atom. The molecule has 2 aliphatic rings. The second-order valence-corrected chi connectivity index (χ2v) is 8.16. The second kappa shape index (κ2) is 9.62. The number of aliphatic hydroxyl groups is 1. The Morgan fingerprint density at radius 1 is 1.21 bits per heavy atom. The largest absolute Gasteiger partial charge is 0.396 e. The van der Waals surface area contributed by atoms with Crippen molar-refractivity contribution in [2.24, 2.45) is 5.41 Å². The molecule has 5 nitrogen and oxygen atoms in total. The molecule has 0 spiro atoms. The smallest absolute Gasteiger partial charge is 0.317 e. The summed E-state index contributed by atoms with van der Waals surface area (Å²) in [5.41, 5.74) is 0.287. The number of aliphatic hydroxyl groups excluding tert-OH is 1. The van der Waals surface area contributed by atoms with E-state index < -0.39 is 0 Å². The van der Waals surface area contributed by atoms with Gasteiger partial charge >= 0.3 is 6.03 Å². The minimum Gasteiger partial charge on any atom is -0.396 e. The van der Waals surface area contributed by atoms with Crippen LogP contribution in [-0.2, 0) is 0 Å². The van der Waals surface area contributed by atoms with Crippen molar-refractivity contribution in [1.29, 1.82) is 0 Å². The van der Waals surface area contributed by atoms with Gasteiger partial charge in [0.25, 0.3) is 0 Å². The Kier molecular flexibility index (Phi) is 7.82. The van der Waals surface area contributed by atoms with Crippen LogP contribution in [0.1, 0.15) is 64.7 Å². The Labute approximate surface area is 147 Å². The molecule has 2 fully saturated rings. The van der Waals surface area contributed by atoms with Crippen molar-refractivity contribution in [2.45, 2.75) is 70.8 Å². The molecule has 0 radical (unpaired) electrons. The fourth-order valence-electron chi connectivity index (χ4n) is 4.17. The van der Waals surface area contributed by atoms with Crippen molar-refractivity contribution >= 4 is 6.03 Å². The van der Waals surface area contributed by atoms with E-state index in [1.807, 2.05) is 4.90 Å². The molecule has 0 aromatic carbocycles. The van der Waals surface area contributed by atoms with Gasteiger partial charge in [-0.15, -0.1) is 0 Å².